The van der Waals surface area contributed by atoms with E-state index in [0.29, 0.717) is 18.9 Å². The summed E-state index contributed by atoms with van der Waals surface area (Å²) in [5.41, 5.74) is 2.26. The minimum Gasteiger partial charge on any atom is -0.497 e. The predicted octanol–water partition coefficient (Wildman–Crippen LogP) is 3.93. The van der Waals surface area contributed by atoms with E-state index >= 15 is 0 Å². The number of benzene rings is 2. The minimum atomic E-state index is 0.0911. The van der Waals surface area contributed by atoms with Gasteiger partial charge in [-0.05, 0) is 60.2 Å². The lowest BCUT2D eigenvalue weighted by Crippen LogP contribution is -2.27. The smallest absolute Gasteiger partial charge is 0.223 e. The van der Waals surface area contributed by atoms with Crippen LogP contribution in [0.3, 0.4) is 0 Å². The molecule has 0 radical (unpaired) electrons. The number of hydrogen-bond donors (Lipinski definition) is 1. The molecule has 1 saturated carbocycles. The molecule has 0 aromatic heterocycles. The maximum Gasteiger partial charge on any atom is 0.223 e. The third-order valence-corrected chi connectivity index (χ3v) is 5.14. The van der Waals surface area contributed by atoms with Crippen molar-refractivity contribution in [2.45, 2.75) is 18.8 Å². The zero-order chi connectivity index (χ0) is 17.8. The molecule has 4 nitrogen and oxygen atoms in total. The maximum atomic E-state index is 12.3. The van der Waals surface area contributed by atoms with Gasteiger partial charge in [0.2, 0.25) is 5.91 Å². The van der Waals surface area contributed by atoms with Crippen molar-refractivity contribution in [3.8, 4) is 11.5 Å². The summed E-state index contributed by atoms with van der Waals surface area (Å²) in [6.45, 7) is 0.589. The van der Waals surface area contributed by atoms with Crippen LogP contribution < -0.4 is 14.8 Å². The van der Waals surface area contributed by atoms with Crippen molar-refractivity contribution in [3.05, 3.63) is 58.1 Å². The van der Waals surface area contributed by atoms with E-state index < -0.39 is 0 Å². The first-order chi connectivity index (χ1) is 12.1. The first kappa shape index (κ1) is 17.8. The first-order valence-electron chi connectivity index (χ1n) is 8.36. The second kappa shape index (κ2) is 7.91. The maximum absolute atomic E-state index is 12.3. The molecular weight excluding hydrogens is 382 g/mol. The van der Waals surface area contributed by atoms with Gasteiger partial charge >= 0.3 is 0 Å². The van der Waals surface area contributed by atoms with Gasteiger partial charge in [-0.15, -0.1) is 0 Å². The fourth-order valence-corrected chi connectivity index (χ4v) is 3.36. The Morgan fingerprint density at radius 1 is 1.16 bits per heavy atom. The monoisotopic (exact) mass is 403 g/mol. The van der Waals surface area contributed by atoms with Crippen LogP contribution >= 0.6 is 15.9 Å². The molecular formula is C20H22BrNO3. The van der Waals surface area contributed by atoms with Crippen molar-refractivity contribution in [3.63, 3.8) is 0 Å². The van der Waals surface area contributed by atoms with Gasteiger partial charge in [0, 0.05) is 16.9 Å². The lowest BCUT2D eigenvalue weighted by atomic mass is 10.1. The molecule has 0 aliphatic heterocycles. The topological polar surface area (TPSA) is 47.6 Å². The minimum absolute atomic E-state index is 0.0911. The molecule has 2 atom stereocenters. The molecule has 0 bridgehead atoms. The molecule has 0 spiro atoms. The highest BCUT2D eigenvalue weighted by Gasteiger charge is 2.43. The van der Waals surface area contributed by atoms with Crippen LogP contribution in [0.1, 0.15) is 23.5 Å². The molecule has 2 unspecified atom stereocenters. The Morgan fingerprint density at radius 3 is 2.60 bits per heavy atom. The Hall–Kier alpha value is -2.01. The molecule has 25 heavy (non-hydrogen) atoms. The average Bonchev–Trinajstić information content (AvgIpc) is 3.43. The van der Waals surface area contributed by atoms with E-state index in [-0.39, 0.29) is 11.8 Å². The van der Waals surface area contributed by atoms with Crippen LogP contribution in [-0.4, -0.2) is 26.7 Å². The number of rotatable bonds is 7. The SMILES string of the molecule is COc1ccc(OC)c(CCNC(=O)C2CC2c2ccc(Br)cc2)c1. The molecule has 2 aromatic carbocycles. The van der Waals surface area contributed by atoms with Crippen molar-refractivity contribution < 1.29 is 14.3 Å². The number of carbonyl (C=O) groups excluding carboxylic acids is 1. The summed E-state index contributed by atoms with van der Waals surface area (Å²) in [4.78, 5) is 12.3. The van der Waals surface area contributed by atoms with Crippen molar-refractivity contribution >= 4 is 21.8 Å². The van der Waals surface area contributed by atoms with Crippen LogP contribution in [0.4, 0.5) is 0 Å². The van der Waals surface area contributed by atoms with Crippen molar-refractivity contribution in [2.24, 2.45) is 5.92 Å². The third kappa shape index (κ3) is 4.34. The van der Waals surface area contributed by atoms with Crippen LogP contribution in [0.15, 0.2) is 46.9 Å². The fraction of sp³-hybridized carbons (Fsp3) is 0.350. The number of nitrogens with one attached hydrogen (secondary N) is 1. The Bertz CT molecular complexity index is 745. The molecule has 3 rings (SSSR count). The second-order valence-electron chi connectivity index (χ2n) is 6.22. The van der Waals surface area contributed by atoms with E-state index in [1.54, 1.807) is 14.2 Å². The first-order valence-corrected chi connectivity index (χ1v) is 9.15. The average molecular weight is 404 g/mol. The highest BCUT2D eigenvalue weighted by atomic mass is 79.9. The zero-order valence-electron chi connectivity index (χ0n) is 14.4. The predicted molar refractivity (Wildman–Crippen MR) is 101 cm³/mol. The molecule has 0 heterocycles. The lowest BCUT2D eigenvalue weighted by Gasteiger charge is -2.11. The Balaban J connectivity index is 1.51. The van der Waals surface area contributed by atoms with E-state index in [1.807, 2.05) is 30.3 Å². The number of ether oxygens (including phenoxy) is 2. The number of hydrogen-bond acceptors (Lipinski definition) is 3. The summed E-state index contributed by atoms with van der Waals surface area (Å²) in [7, 11) is 3.29. The largest absolute Gasteiger partial charge is 0.497 e. The standard InChI is InChI=1S/C20H22BrNO3/c1-24-16-7-8-19(25-2)14(11-16)9-10-22-20(23)18-12-17(18)13-3-5-15(21)6-4-13/h3-8,11,17-18H,9-10,12H2,1-2H3,(H,22,23). The number of amides is 1. The molecule has 0 saturated heterocycles. The second-order valence-corrected chi connectivity index (χ2v) is 7.13. The van der Waals surface area contributed by atoms with E-state index in [2.05, 4.69) is 33.4 Å². The summed E-state index contributed by atoms with van der Waals surface area (Å²) < 4.78 is 11.7. The summed E-state index contributed by atoms with van der Waals surface area (Å²) in [5, 5.41) is 3.05. The van der Waals surface area contributed by atoms with Gasteiger partial charge in [-0.2, -0.15) is 0 Å². The quantitative estimate of drug-likeness (QED) is 0.761. The molecule has 132 valence electrons. The highest BCUT2D eigenvalue weighted by Crippen LogP contribution is 2.47. The van der Waals surface area contributed by atoms with Crippen molar-refractivity contribution in [1.82, 2.24) is 5.32 Å². The summed E-state index contributed by atoms with van der Waals surface area (Å²) in [5.74, 6) is 2.18. The molecule has 1 amide bonds. The van der Waals surface area contributed by atoms with Gasteiger partial charge in [-0.1, -0.05) is 28.1 Å². The molecule has 1 fully saturated rings. The van der Waals surface area contributed by atoms with Gasteiger partial charge in [0.15, 0.2) is 0 Å². The van der Waals surface area contributed by atoms with Crippen molar-refractivity contribution in [1.29, 1.82) is 0 Å². The summed E-state index contributed by atoms with van der Waals surface area (Å²) in [6, 6.07) is 13.9. The number of halogens is 1. The molecule has 2 aromatic rings. The zero-order valence-corrected chi connectivity index (χ0v) is 16.0. The van der Waals surface area contributed by atoms with Crippen LogP contribution in [0.5, 0.6) is 11.5 Å². The summed E-state index contributed by atoms with van der Waals surface area (Å²) >= 11 is 3.44. The van der Waals surface area contributed by atoms with E-state index in [1.165, 1.54) is 5.56 Å². The van der Waals surface area contributed by atoms with Gasteiger partial charge < -0.3 is 14.8 Å². The van der Waals surface area contributed by atoms with Gasteiger partial charge in [0.05, 0.1) is 14.2 Å². The van der Waals surface area contributed by atoms with Crippen molar-refractivity contribution in [2.75, 3.05) is 20.8 Å². The molecule has 1 N–H and O–H groups in total. The normalized spacial score (nSPS) is 18.5. The van der Waals surface area contributed by atoms with E-state index in [4.69, 9.17) is 9.47 Å². The molecule has 1 aliphatic rings. The highest BCUT2D eigenvalue weighted by molar-refractivity contribution is 9.10. The fourth-order valence-electron chi connectivity index (χ4n) is 3.09. The third-order valence-electron chi connectivity index (χ3n) is 4.61. The Kier molecular flexibility index (Phi) is 5.63. The van der Waals surface area contributed by atoms with Gasteiger partial charge in [0.1, 0.15) is 11.5 Å². The van der Waals surface area contributed by atoms with Gasteiger partial charge in [-0.25, -0.2) is 0 Å². The van der Waals surface area contributed by atoms with Crippen LogP contribution in [0, 0.1) is 5.92 Å². The van der Waals surface area contributed by atoms with Crippen LogP contribution in [0.2, 0.25) is 0 Å². The van der Waals surface area contributed by atoms with Crippen LogP contribution in [-0.2, 0) is 11.2 Å². The lowest BCUT2D eigenvalue weighted by molar-refractivity contribution is -0.122. The Morgan fingerprint density at radius 2 is 1.92 bits per heavy atom. The number of carbonyl (C=O) groups is 1. The molecule has 1 aliphatic carbocycles. The van der Waals surface area contributed by atoms with Gasteiger partial charge in [-0.3, -0.25) is 4.79 Å². The Labute approximate surface area is 156 Å². The summed E-state index contributed by atoms with van der Waals surface area (Å²) in [6.07, 6.45) is 1.64. The number of methoxy groups -OCH3 is 2. The molecule has 5 heteroatoms. The van der Waals surface area contributed by atoms with E-state index in [0.717, 1.165) is 28.0 Å². The van der Waals surface area contributed by atoms with Crippen LogP contribution in [0.25, 0.3) is 0 Å². The van der Waals surface area contributed by atoms with E-state index in [9.17, 15) is 4.79 Å². The van der Waals surface area contributed by atoms with Gasteiger partial charge in [0.25, 0.3) is 0 Å².